The number of nitrogens with zero attached hydrogens (tertiary/aromatic N) is 4. The Morgan fingerprint density at radius 2 is 1.91 bits per heavy atom. The number of rotatable bonds is 7. The quantitative estimate of drug-likeness (QED) is 0.391. The number of amides is 1. The van der Waals surface area contributed by atoms with Gasteiger partial charge >= 0.3 is 0 Å². The smallest absolute Gasteiger partial charge is 0.264 e. The van der Waals surface area contributed by atoms with E-state index in [-0.39, 0.29) is 30.2 Å². The summed E-state index contributed by atoms with van der Waals surface area (Å²) < 4.78 is 16.2. The molecule has 34 heavy (non-hydrogen) atoms. The summed E-state index contributed by atoms with van der Waals surface area (Å²) in [5.41, 5.74) is 2.96. The molecule has 5 rings (SSSR count). The van der Waals surface area contributed by atoms with Crippen molar-refractivity contribution >= 4 is 27.8 Å². The minimum atomic E-state index is -0.355. The summed E-state index contributed by atoms with van der Waals surface area (Å²) in [4.78, 5) is 33.2. The Labute approximate surface area is 194 Å². The van der Waals surface area contributed by atoms with Crippen molar-refractivity contribution in [1.29, 1.82) is 0 Å². The highest BCUT2D eigenvalue weighted by Gasteiger charge is 2.15. The Kier molecular flexibility index (Phi) is 5.67. The summed E-state index contributed by atoms with van der Waals surface area (Å²) in [5.74, 6) is -0.00682. The first-order chi connectivity index (χ1) is 16.5. The molecule has 0 fully saturated rings. The van der Waals surface area contributed by atoms with Gasteiger partial charge in [0.1, 0.15) is 17.0 Å². The predicted octanol–water partition coefficient (Wildman–Crippen LogP) is 3.26. The van der Waals surface area contributed by atoms with Crippen LogP contribution < -0.4 is 10.9 Å². The van der Waals surface area contributed by atoms with E-state index in [0.717, 1.165) is 16.5 Å². The first kappa shape index (κ1) is 21.6. The highest BCUT2D eigenvalue weighted by Crippen LogP contribution is 2.18. The lowest BCUT2D eigenvalue weighted by Gasteiger charge is -2.10. The predicted molar refractivity (Wildman–Crippen MR) is 127 cm³/mol. The number of benzene rings is 2. The zero-order valence-electron chi connectivity index (χ0n) is 18.6. The second-order valence-corrected chi connectivity index (χ2v) is 8.10. The largest absolute Gasteiger partial charge is 0.361 e. The van der Waals surface area contributed by atoms with Crippen LogP contribution in [0.2, 0.25) is 0 Å². The van der Waals surface area contributed by atoms with Gasteiger partial charge in [0, 0.05) is 36.6 Å². The van der Waals surface area contributed by atoms with Crippen LogP contribution in [0.25, 0.3) is 27.6 Å². The Morgan fingerprint density at radius 1 is 1.12 bits per heavy atom. The van der Waals surface area contributed by atoms with Crippen LogP contribution in [0.3, 0.4) is 0 Å². The van der Waals surface area contributed by atoms with Crippen molar-refractivity contribution in [1.82, 2.24) is 29.6 Å². The molecule has 0 bridgehead atoms. The average Bonchev–Trinajstić information content (AvgIpc) is 3.44. The summed E-state index contributed by atoms with van der Waals surface area (Å²) in [6, 6.07) is 13.9. The molecule has 1 amide bonds. The van der Waals surface area contributed by atoms with E-state index in [2.05, 4.69) is 26.4 Å². The van der Waals surface area contributed by atoms with Gasteiger partial charge in [-0.2, -0.15) is 5.10 Å². The zero-order chi connectivity index (χ0) is 23.7. The van der Waals surface area contributed by atoms with Gasteiger partial charge in [-0.3, -0.25) is 14.2 Å². The number of nitrogens with one attached hydrogen (secondary N) is 2. The fraction of sp³-hybridized carbons (Fsp3) is 0.200. The first-order valence-corrected chi connectivity index (χ1v) is 11.0. The fourth-order valence-corrected chi connectivity index (χ4v) is 4.12. The van der Waals surface area contributed by atoms with Gasteiger partial charge in [-0.05, 0) is 49.2 Å². The molecule has 172 valence electrons. The Balaban J connectivity index is 1.25. The lowest BCUT2D eigenvalue weighted by Crippen LogP contribution is -2.30. The van der Waals surface area contributed by atoms with Gasteiger partial charge in [0.25, 0.3) is 5.56 Å². The normalized spacial score (nSPS) is 11.4. The van der Waals surface area contributed by atoms with Crippen molar-refractivity contribution in [2.75, 3.05) is 6.54 Å². The third kappa shape index (κ3) is 4.07. The molecule has 5 aromatic rings. The summed E-state index contributed by atoms with van der Waals surface area (Å²) in [7, 11) is 0. The van der Waals surface area contributed by atoms with Crippen LogP contribution in [0.15, 0.2) is 65.7 Å². The Bertz CT molecular complexity index is 1550. The second-order valence-electron chi connectivity index (χ2n) is 8.10. The third-order valence-corrected chi connectivity index (χ3v) is 5.90. The van der Waals surface area contributed by atoms with Crippen molar-refractivity contribution < 1.29 is 9.18 Å². The van der Waals surface area contributed by atoms with E-state index in [1.807, 2.05) is 24.4 Å². The van der Waals surface area contributed by atoms with Gasteiger partial charge in [-0.25, -0.2) is 14.1 Å². The van der Waals surface area contributed by atoms with E-state index >= 15 is 0 Å². The minimum absolute atomic E-state index is 0.131. The molecule has 2 N–H and O–H groups in total. The topological polar surface area (TPSA) is 97.6 Å². The van der Waals surface area contributed by atoms with Crippen LogP contribution in [0, 0.1) is 12.7 Å². The van der Waals surface area contributed by atoms with Gasteiger partial charge < -0.3 is 10.3 Å². The standard InChI is InChI=1S/C25H23FN6O2/c1-16-30-24-21(15-29-32(24)19-8-6-18(26)7-9-19)25(34)31(16)13-11-23(33)27-12-10-17-14-28-22-5-3-2-4-20(17)22/h2-9,14-15,28H,10-13H2,1H3,(H,27,33). The van der Waals surface area contributed by atoms with Crippen LogP contribution in [0.1, 0.15) is 17.8 Å². The molecule has 8 nitrogen and oxygen atoms in total. The van der Waals surface area contributed by atoms with Crippen LogP contribution in [-0.2, 0) is 17.8 Å². The fourth-order valence-electron chi connectivity index (χ4n) is 4.12. The third-order valence-electron chi connectivity index (χ3n) is 5.90. The number of para-hydroxylation sites is 1. The van der Waals surface area contributed by atoms with Crippen molar-refractivity contribution in [3.8, 4) is 5.69 Å². The van der Waals surface area contributed by atoms with Crippen molar-refractivity contribution in [3.63, 3.8) is 0 Å². The van der Waals surface area contributed by atoms with Gasteiger partial charge in [0.15, 0.2) is 5.65 Å². The summed E-state index contributed by atoms with van der Waals surface area (Å²) in [6.45, 7) is 2.45. The average molecular weight is 458 g/mol. The molecule has 3 aromatic heterocycles. The van der Waals surface area contributed by atoms with Crippen LogP contribution in [0.5, 0.6) is 0 Å². The Hall–Kier alpha value is -4.27. The maximum atomic E-state index is 13.3. The molecule has 0 spiro atoms. The molecular formula is C25H23FN6O2. The highest BCUT2D eigenvalue weighted by atomic mass is 19.1. The van der Waals surface area contributed by atoms with E-state index in [0.29, 0.717) is 35.5 Å². The first-order valence-electron chi connectivity index (χ1n) is 11.0. The lowest BCUT2D eigenvalue weighted by atomic mass is 10.1. The SMILES string of the molecule is Cc1nc2c(cnn2-c2ccc(F)cc2)c(=O)n1CCC(=O)NCCc1c[nH]c2ccccc12. The number of fused-ring (bicyclic) bond motifs is 2. The molecule has 0 unspecified atom stereocenters. The van der Waals surface area contributed by atoms with E-state index in [1.54, 1.807) is 19.1 Å². The number of aromatic nitrogens is 5. The molecular weight excluding hydrogens is 435 g/mol. The molecule has 9 heteroatoms. The van der Waals surface area contributed by atoms with Crippen LogP contribution >= 0.6 is 0 Å². The maximum Gasteiger partial charge on any atom is 0.264 e. The molecule has 0 saturated carbocycles. The van der Waals surface area contributed by atoms with Gasteiger partial charge in [0.2, 0.25) is 5.91 Å². The van der Waals surface area contributed by atoms with Crippen LogP contribution in [0.4, 0.5) is 4.39 Å². The van der Waals surface area contributed by atoms with Crippen molar-refractivity contribution in [2.24, 2.45) is 0 Å². The molecule has 0 radical (unpaired) electrons. The second kappa shape index (κ2) is 8.93. The molecule has 0 aliphatic carbocycles. The molecule has 0 aliphatic rings. The zero-order valence-corrected chi connectivity index (χ0v) is 18.6. The van der Waals surface area contributed by atoms with E-state index < -0.39 is 0 Å². The molecule has 0 aliphatic heterocycles. The maximum absolute atomic E-state index is 13.3. The van der Waals surface area contributed by atoms with Crippen LogP contribution in [-0.4, -0.2) is 36.8 Å². The van der Waals surface area contributed by atoms with Gasteiger partial charge in [-0.15, -0.1) is 0 Å². The van der Waals surface area contributed by atoms with Crippen molar-refractivity contribution in [3.05, 3.63) is 88.5 Å². The number of H-pyrrole nitrogens is 1. The molecule has 2 aromatic carbocycles. The number of hydrogen-bond acceptors (Lipinski definition) is 4. The van der Waals surface area contributed by atoms with E-state index in [9.17, 15) is 14.0 Å². The lowest BCUT2D eigenvalue weighted by molar-refractivity contribution is -0.121. The van der Waals surface area contributed by atoms with Gasteiger partial charge in [0.05, 0.1) is 11.9 Å². The van der Waals surface area contributed by atoms with E-state index in [4.69, 9.17) is 0 Å². The van der Waals surface area contributed by atoms with Crippen molar-refractivity contribution in [2.45, 2.75) is 26.3 Å². The number of aromatic amines is 1. The number of halogens is 1. The molecule has 0 saturated heterocycles. The van der Waals surface area contributed by atoms with Gasteiger partial charge in [-0.1, -0.05) is 18.2 Å². The number of aryl methyl sites for hydroxylation is 1. The van der Waals surface area contributed by atoms with E-state index in [1.165, 1.54) is 27.6 Å². The Morgan fingerprint density at radius 3 is 2.74 bits per heavy atom. The summed E-state index contributed by atoms with van der Waals surface area (Å²) in [6.07, 6.45) is 4.29. The number of carbonyl (C=O) groups excluding carboxylic acids is 1. The number of carbonyl (C=O) groups is 1. The monoisotopic (exact) mass is 458 g/mol. The summed E-state index contributed by atoms with van der Waals surface area (Å²) in [5, 5.41) is 8.68. The highest BCUT2D eigenvalue weighted by molar-refractivity contribution is 5.83. The number of hydrogen-bond donors (Lipinski definition) is 2. The molecule has 0 atom stereocenters. The minimum Gasteiger partial charge on any atom is -0.361 e. The molecule has 3 heterocycles. The summed E-state index contributed by atoms with van der Waals surface area (Å²) >= 11 is 0.